The molecule has 1 N–H and O–H groups in total. The average molecular weight is 313 g/mol. The predicted molar refractivity (Wildman–Crippen MR) is 76.0 cm³/mol. The molecule has 1 aromatic carbocycles. The Kier molecular flexibility index (Phi) is 3.96. The molecule has 2 aromatic rings. The number of aromatic nitrogens is 2. The molecule has 0 saturated heterocycles. The third-order valence-corrected chi connectivity index (χ3v) is 4.01. The van der Waals surface area contributed by atoms with E-state index in [2.05, 4.69) is 10.1 Å². The van der Waals surface area contributed by atoms with Gasteiger partial charge in [0.25, 0.3) is 0 Å². The Morgan fingerprint density at radius 1 is 1.35 bits per heavy atom. The van der Waals surface area contributed by atoms with Crippen LogP contribution in [0.4, 0.5) is 0 Å². The van der Waals surface area contributed by atoms with Crippen LogP contribution in [0.1, 0.15) is 30.1 Å². The summed E-state index contributed by atoms with van der Waals surface area (Å²) in [5.74, 6) is 1.44. The molecular weight excluding hydrogens is 299 g/mol. The average Bonchev–Trinajstić information content (AvgIpc) is 3.16. The number of aliphatic hydroxyl groups is 1. The van der Waals surface area contributed by atoms with E-state index >= 15 is 0 Å². The third-order valence-electron chi connectivity index (χ3n) is 3.42. The van der Waals surface area contributed by atoms with Crippen molar-refractivity contribution in [3.63, 3.8) is 0 Å². The number of rotatable bonds is 5. The maximum atomic E-state index is 9.85. The number of halogens is 2. The van der Waals surface area contributed by atoms with Crippen LogP contribution in [0.25, 0.3) is 0 Å². The molecule has 1 aromatic heterocycles. The second-order valence-corrected chi connectivity index (χ2v) is 5.97. The molecule has 1 saturated carbocycles. The van der Waals surface area contributed by atoms with E-state index in [-0.39, 0.29) is 6.10 Å². The lowest BCUT2D eigenvalue weighted by molar-refractivity contribution is 0.140. The van der Waals surface area contributed by atoms with Gasteiger partial charge in [-0.3, -0.25) is 0 Å². The first-order valence-corrected chi connectivity index (χ1v) is 7.31. The Morgan fingerprint density at radius 2 is 2.15 bits per heavy atom. The monoisotopic (exact) mass is 312 g/mol. The first kappa shape index (κ1) is 13.9. The van der Waals surface area contributed by atoms with Crippen LogP contribution in [-0.4, -0.2) is 21.4 Å². The Morgan fingerprint density at radius 3 is 2.85 bits per heavy atom. The molecule has 1 unspecified atom stereocenters. The molecule has 4 nitrogen and oxygen atoms in total. The van der Waals surface area contributed by atoms with Gasteiger partial charge in [0.2, 0.25) is 5.89 Å². The molecule has 6 heteroatoms. The molecule has 1 atom stereocenters. The molecule has 0 spiro atoms. The maximum Gasteiger partial charge on any atom is 0.229 e. The number of nitrogens with zero attached hydrogens (tertiary/aromatic N) is 2. The molecule has 20 heavy (non-hydrogen) atoms. The van der Waals surface area contributed by atoms with Crippen molar-refractivity contribution in [2.75, 3.05) is 0 Å². The normalized spacial score (nSPS) is 16.4. The van der Waals surface area contributed by atoms with E-state index in [1.807, 2.05) is 6.07 Å². The fourth-order valence-electron chi connectivity index (χ4n) is 2.11. The topological polar surface area (TPSA) is 59.2 Å². The van der Waals surface area contributed by atoms with E-state index < -0.39 is 0 Å². The quantitative estimate of drug-likeness (QED) is 0.920. The van der Waals surface area contributed by atoms with Crippen LogP contribution < -0.4 is 0 Å². The molecule has 1 aliphatic rings. The van der Waals surface area contributed by atoms with E-state index in [0.717, 1.165) is 18.4 Å². The highest BCUT2D eigenvalue weighted by Crippen LogP contribution is 2.33. The highest BCUT2D eigenvalue weighted by molar-refractivity contribution is 6.35. The molecule has 0 bridgehead atoms. The van der Waals surface area contributed by atoms with Crippen molar-refractivity contribution < 1.29 is 9.63 Å². The minimum Gasteiger partial charge on any atom is -0.392 e. The van der Waals surface area contributed by atoms with Crippen molar-refractivity contribution >= 4 is 23.2 Å². The fourth-order valence-corrected chi connectivity index (χ4v) is 2.58. The maximum absolute atomic E-state index is 9.85. The number of hydrogen-bond donors (Lipinski definition) is 1. The standard InChI is InChI=1S/C14H14Cl2N2O2/c15-10-4-3-9(11(16)6-10)5-13-17-14(20-18-13)7-12(19)8-1-2-8/h3-4,6,8,12,19H,1-2,5,7H2. The van der Waals surface area contributed by atoms with E-state index in [1.165, 1.54) is 0 Å². The second-order valence-electron chi connectivity index (χ2n) is 5.13. The lowest BCUT2D eigenvalue weighted by Gasteiger charge is -2.03. The van der Waals surface area contributed by atoms with Crippen LogP contribution in [0.2, 0.25) is 10.0 Å². The minimum atomic E-state index is -0.373. The van der Waals surface area contributed by atoms with Crippen LogP contribution in [0.3, 0.4) is 0 Å². The van der Waals surface area contributed by atoms with Crippen molar-refractivity contribution in [3.05, 3.63) is 45.5 Å². The molecule has 1 heterocycles. The summed E-state index contributed by atoms with van der Waals surface area (Å²) in [6, 6.07) is 5.32. The van der Waals surface area contributed by atoms with Gasteiger partial charge in [-0.2, -0.15) is 4.98 Å². The number of benzene rings is 1. The van der Waals surface area contributed by atoms with Gasteiger partial charge < -0.3 is 9.63 Å². The third kappa shape index (κ3) is 3.32. The van der Waals surface area contributed by atoms with Crippen molar-refractivity contribution in [3.8, 4) is 0 Å². The van der Waals surface area contributed by atoms with E-state index in [1.54, 1.807) is 12.1 Å². The summed E-state index contributed by atoms with van der Waals surface area (Å²) in [4.78, 5) is 4.29. The minimum absolute atomic E-state index is 0.373. The summed E-state index contributed by atoms with van der Waals surface area (Å²) < 4.78 is 5.16. The Balaban J connectivity index is 1.67. The first-order chi connectivity index (χ1) is 9.61. The highest BCUT2D eigenvalue weighted by Gasteiger charge is 2.31. The summed E-state index contributed by atoms with van der Waals surface area (Å²) in [5, 5.41) is 15.0. The SMILES string of the molecule is OC(Cc1nc(Cc2ccc(Cl)cc2Cl)no1)C1CC1. The van der Waals surface area contributed by atoms with Crippen LogP contribution in [0.5, 0.6) is 0 Å². The van der Waals surface area contributed by atoms with Crippen LogP contribution in [0, 0.1) is 5.92 Å². The summed E-state index contributed by atoms with van der Waals surface area (Å²) in [7, 11) is 0. The van der Waals surface area contributed by atoms with Gasteiger partial charge in [-0.25, -0.2) is 0 Å². The number of aliphatic hydroxyl groups excluding tert-OH is 1. The van der Waals surface area contributed by atoms with Crippen LogP contribution >= 0.6 is 23.2 Å². The van der Waals surface area contributed by atoms with E-state index in [4.69, 9.17) is 27.7 Å². The summed E-state index contributed by atoms with van der Waals surface area (Å²) in [6.45, 7) is 0. The van der Waals surface area contributed by atoms with Crippen molar-refractivity contribution in [2.24, 2.45) is 5.92 Å². The zero-order valence-electron chi connectivity index (χ0n) is 10.7. The van der Waals surface area contributed by atoms with E-state index in [0.29, 0.717) is 40.5 Å². The van der Waals surface area contributed by atoms with Crippen molar-refractivity contribution in [1.82, 2.24) is 10.1 Å². The van der Waals surface area contributed by atoms with Crippen LogP contribution in [0.15, 0.2) is 22.7 Å². The van der Waals surface area contributed by atoms with Gasteiger partial charge in [-0.15, -0.1) is 0 Å². The van der Waals surface area contributed by atoms with Crippen molar-refractivity contribution in [1.29, 1.82) is 0 Å². The predicted octanol–water partition coefficient (Wildman–Crippen LogP) is 3.28. The molecule has 3 rings (SSSR count). The fraction of sp³-hybridized carbons (Fsp3) is 0.429. The lowest BCUT2D eigenvalue weighted by Crippen LogP contribution is -2.12. The molecule has 106 valence electrons. The Hall–Kier alpha value is -1.10. The zero-order chi connectivity index (χ0) is 14.1. The summed E-state index contributed by atoms with van der Waals surface area (Å²) in [5.41, 5.74) is 0.895. The van der Waals surface area contributed by atoms with Gasteiger partial charge in [-0.1, -0.05) is 34.4 Å². The molecule has 1 fully saturated rings. The molecule has 0 aliphatic heterocycles. The Bertz CT molecular complexity index is 611. The zero-order valence-corrected chi connectivity index (χ0v) is 12.2. The smallest absolute Gasteiger partial charge is 0.229 e. The van der Waals surface area contributed by atoms with Crippen molar-refractivity contribution in [2.45, 2.75) is 31.8 Å². The largest absolute Gasteiger partial charge is 0.392 e. The molecule has 0 radical (unpaired) electrons. The number of hydrogen-bond acceptors (Lipinski definition) is 4. The van der Waals surface area contributed by atoms with Gasteiger partial charge in [0.15, 0.2) is 5.82 Å². The van der Waals surface area contributed by atoms with Gasteiger partial charge in [0.05, 0.1) is 12.5 Å². The lowest BCUT2D eigenvalue weighted by atomic mass is 10.1. The van der Waals surface area contributed by atoms with Gasteiger partial charge in [0, 0.05) is 16.5 Å². The molecule has 1 aliphatic carbocycles. The Labute approximate surface area is 126 Å². The summed E-state index contributed by atoms with van der Waals surface area (Å²) >= 11 is 12.0. The second kappa shape index (κ2) is 5.72. The highest BCUT2D eigenvalue weighted by atomic mass is 35.5. The molecule has 0 amide bonds. The van der Waals surface area contributed by atoms with Gasteiger partial charge >= 0.3 is 0 Å². The van der Waals surface area contributed by atoms with Crippen LogP contribution in [-0.2, 0) is 12.8 Å². The van der Waals surface area contributed by atoms with E-state index in [9.17, 15) is 5.11 Å². The summed E-state index contributed by atoms with van der Waals surface area (Å²) in [6.07, 6.45) is 2.71. The molecular formula is C14H14Cl2N2O2. The first-order valence-electron chi connectivity index (χ1n) is 6.55. The van der Waals surface area contributed by atoms with Gasteiger partial charge in [-0.05, 0) is 36.5 Å². The van der Waals surface area contributed by atoms with Gasteiger partial charge in [0.1, 0.15) is 0 Å².